The quantitative estimate of drug-likeness (QED) is 0.559. The molecular formula is C15H34N4O. The standard InChI is InChI=1S/C15H34N4O/c1-6-10-17-15(2,14(16)20)9-7-12-19(5)13-8-11-18(3)4/h17H,6-13H2,1-5H3,(H2,16,20). The van der Waals surface area contributed by atoms with Crippen LogP contribution in [0.1, 0.15) is 39.5 Å². The Bertz CT molecular complexity index is 271. The molecule has 1 atom stereocenters. The maximum atomic E-state index is 11.6. The third-order valence-corrected chi connectivity index (χ3v) is 3.67. The number of rotatable bonds is 12. The van der Waals surface area contributed by atoms with Crippen LogP contribution in [0.3, 0.4) is 0 Å². The zero-order chi connectivity index (χ0) is 15.6. The first kappa shape index (κ1) is 19.4. The molecule has 1 amide bonds. The molecule has 0 saturated heterocycles. The average Bonchev–Trinajstić information content (AvgIpc) is 2.35. The van der Waals surface area contributed by atoms with Gasteiger partial charge in [-0.25, -0.2) is 0 Å². The Morgan fingerprint density at radius 2 is 1.75 bits per heavy atom. The van der Waals surface area contributed by atoms with Crippen LogP contribution in [-0.2, 0) is 4.79 Å². The van der Waals surface area contributed by atoms with E-state index in [0.717, 1.165) is 45.4 Å². The van der Waals surface area contributed by atoms with Crippen LogP contribution in [-0.4, -0.2) is 68.6 Å². The van der Waals surface area contributed by atoms with Crippen LogP contribution in [0.5, 0.6) is 0 Å². The fraction of sp³-hybridized carbons (Fsp3) is 0.933. The zero-order valence-electron chi connectivity index (χ0n) is 14.0. The van der Waals surface area contributed by atoms with Gasteiger partial charge in [0.1, 0.15) is 0 Å². The van der Waals surface area contributed by atoms with Gasteiger partial charge in [0.25, 0.3) is 0 Å². The molecule has 20 heavy (non-hydrogen) atoms. The molecule has 5 nitrogen and oxygen atoms in total. The smallest absolute Gasteiger partial charge is 0.237 e. The number of nitrogens with two attached hydrogens (primary N) is 1. The van der Waals surface area contributed by atoms with E-state index in [9.17, 15) is 4.79 Å². The van der Waals surface area contributed by atoms with Crippen LogP contribution in [0.15, 0.2) is 0 Å². The van der Waals surface area contributed by atoms with Crippen molar-refractivity contribution in [1.29, 1.82) is 0 Å². The molecule has 0 aromatic carbocycles. The highest BCUT2D eigenvalue weighted by atomic mass is 16.1. The lowest BCUT2D eigenvalue weighted by Gasteiger charge is -2.28. The van der Waals surface area contributed by atoms with Crippen LogP contribution < -0.4 is 11.1 Å². The molecule has 0 aromatic heterocycles. The lowest BCUT2D eigenvalue weighted by Crippen LogP contribution is -2.53. The Kier molecular flexibility index (Phi) is 9.80. The van der Waals surface area contributed by atoms with E-state index < -0.39 is 5.54 Å². The lowest BCUT2D eigenvalue weighted by atomic mass is 9.94. The van der Waals surface area contributed by atoms with Crippen molar-refractivity contribution in [1.82, 2.24) is 15.1 Å². The highest BCUT2D eigenvalue weighted by Gasteiger charge is 2.29. The summed E-state index contributed by atoms with van der Waals surface area (Å²) in [7, 11) is 6.33. The molecule has 0 rings (SSSR count). The van der Waals surface area contributed by atoms with Crippen molar-refractivity contribution in [3.05, 3.63) is 0 Å². The van der Waals surface area contributed by atoms with Crippen molar-refractivity contribution in [3.63, 3.8) is 0 Å². The summed E-state index contributed by atoms with van der Waals surface area (Å²) in [6.07, 6.45) is 3.95. The first-order chi connectivity index (χ1) is 9.31. The first-order valence-electron chi connectivity index (χ1n) is 7.70. The molecule has 0 aromatic rings. The van der Waals surface area contributed by atoms with Crippen molar-refractivity contribution in [2.75, 3.05) is 47.3 Å². The molecule has 0 radical (unpaired) electrons. The van der Waals surface area contributed by atoms with E-state index in [-0.39, 0.29) is 5.91 Å². The fourth-order valence-corrected chi connectivity index (χ4v) is 2.17. The van der Waals surface area contributed by atoms with Gasteiger partial charge in [0.15, 0.2) is 0 Å². The molecule has 0 aliphatic heterocycles. The molecule has 1 unspecified atom stereocenters. The van der Waals surface area contributed by atoms with Crippen LogP contribution in [0, 0.1) is 0 Å². The predicted molar refractivity (Wildman–Crippen MR) is 85.8 cm³/mol. The van der Waals surface area contributed by atoms with Crippen molar-refractivity contribution in [2.45, 2.75) is 45.1 Å². The molecule has 0 aliphatic carbocycles. The van der Waals surface area contributed by atoms with Crippen LogP contribution in [0.2, 0.25) is 0 Å². The number of hydrogen-bond donors (Lipinski definition) is 2. The van der Waals surface area contributed by atoms with E-state index in [2.05, 4.69) is 43.2 Å². The van der Waals surface area contributed by atoms with Crippen LogP contribution in [0.25, 0.3) is 0 Å². The van der Waals surface area contributed by atoms with Crippen LogP contribution >= 0.6 is 0 Å². The molecule has 3 N–H and O–H groups in total. The van der Waals surface area contributed by atoms with Crippen molar-refractivity contribution >= 4 is 5.91 Å². The van der Waals surface area contributed by atoms with E-state index in [0.29, 0.717) is 0 Å². The van der Waals surface area contributed by atoms with E-state index in [1.54, 1.807) is 0 Å². The maximum absolute atomic E-state index is 11.6. The minimum atomic E-state index is -0.569. The second kappa shape index (κ2) is 10.1. The number of carbonyl (C=O) groups excluding carboxylic acids is 1. The monoisotopic (exact) mass is 286 g/mol. The molecule has 0 aliphatic rings. The average molecular weight is 286 g/mol. The number of primary amides is 1. The predicted octanol–water partition coefficient (Wildman–Crippen LogP) is 0.894. The zero-order valence-corrected chi connectivity index (χ0v) is 14.0. The number of hydrogen-bond acceptors (Lipinski definition) is 4. The van der Waals surface area contributed by atoms with E-state index in [1.165, 1.54) is 6.42 Å². The fourth-order valence-electron chi connectivity index (χ4n) is 2.17. The molecule has 0 spiro atoms. The molecule has 0 heterocycles. The van der Waals surface area contributed by atoms with E-state index in [1.807, 2.05) is 6.92 Å². The summed E-state index contributed by atoms with van der Waals surface area (Å²) in [5.41, 5.74) is 4.95. The summed E-state index contributed by atoms with van der Waals surface area (Å²) in [6.45, 7) is 8.04. The Labute approximate surface area is 124 Å². The summed E-state index contributed by atoms with van der Waals surface area (Å²) in [5, 5.41) is 3.28. The third-order valence-electron chi connectivity index (χ3n) is 3.67. The number of carbonyl (C=O) groups is 1. The van der Waals surface area contributed by atoms with Crippen molar-refractivity contribution in [2.24, 2.45) is 5.73 Å². The molecule has 0 bridgehead atoms. The number of nitrogens with one attached hydrogen (secondary N) is 1. The molecule has 5 heteroatoms. The molecule has 120 valence electrons. The van der Waals surface area contributed by atoms with Gasteiger partial charge in [0.05, 0.1) is 5.54 Å². The van der Waals surface area contributed by atoms with Gasteiger partial charge in [-0.3, -0.25) is 4.79 Å². The minimum absolute atomic E-state index is 0.249. The van der Waals surface area contributed by atoms with Crippen molar-refractivity contribution in [3.8, 4) is 0 Å². The van der Waals surface area contributed by atoms with Crippen LogP contribution in [0.4, 0.5) is 0 Å². The Morgan fingerprint density at radius 3 is 2.25 bits per heavy atom. The first-order valence-corrected chi connectivity index (χ1v) is 7.70. The van der Waals surface area contributed by atoms with Gasteiger partial charge in [0, 0.05) is 0 Å². The van der Waals surface area contributed by atoms with E-state index in [4.69, 9.17) is 5.73 Å². The minimum Gasteiger partial charge on any atom is -0.368 e. The summed E-state index contributed by atoms with van der Waals surface area (Å²) in [4.78, 5) is 16.1. The number of amides is 1. The topological polar surface area (TPSA) is 61.6 Å². The largest absolute Gasteiger partial charge is 0.368 e. The highest BCUT2D eigenvalue weighted by Crippen LogP contribution is 2.12. The van der Waals surface area contributed by atoms with Gasteiger partial charge in [0.2, 0.25) is 5.91 Å². The van der Waals surface area contributed by atoms with Gasteiger partial charge in [-0.1, -0.05) is 6.92 Å². The molecular weight excluding hydrogens is 252 g/mol. The second-order valence-electron chi connectivity index (χ2n) is 6.19. The lowest BCUT2D eigenvalue weighted by molar-refractivity contribution is -0.124. The van der Waals surface area contributed by atoms with Gasteiger partial charge in [-0.15, -0.1) is 0 Å². The maximum Gasteiger partial charge on any atom is 0.237 e. The Balaban J connectivity index is 3.96. The molecule has 0 fully saturated rings. The summed E-state index contributed by atoms with van der Waals surface area (Å²) in [5.74, 6) is -0.249. The van der Waals surface area contributed by atoms with Gasteiger partial charge in [-0.05, 0) is 79.9 Å². The second-order valence-corrected chi connectivity index (χ2v) is 6.19. The highest BCUT2D eigenvalue weighted by molar-refractivity contribution is 5.84. The van der Waals surface area contributed by atoms with Crippen molar-refractivity contribution < 1.29 is 4.79 Å². The van der Waals surface area contributed by atoms with Gasteiger partial charge >= 0.3 is 0 Å². The van der Waals surface area contributed by atoms with Gasteiger partial charge in [-0.2, -0.15) is 0 Å². The summed E-state index contributed by atoms with van der Waals surface area (Å²) in [6, 6.07) is 0. The normalized spacial score (nSPS) is 14.8. The Hall–Kier alpha value is -0.650. The van der Waals surface area contributed by atoms with E-state index >= 15 is 0 Å². The third kappa shape index (κ3) is 8.51. The summed E-state index contributed by atoms with van der Waals surface area (Å²) < 4.78 is 0. The SMILES string of the molecule is CCCNC(C)(CCCN(C)CCCN(C)C)C(N)=O. The Morgan fingerprint density at radius 1 is 1.15 bits per heavy atom. The van der Waals surface area contributed by atoms with Gasteiger partial charge < -0.3 is 20.9 Å². The summed E-state index contributed by atoms with van der Waals surface area (Å²) >= 11 is 0. The number of nitrogens with zero attached hydrogens (tertiary/aromatic N) is 2. The molecule has 0 saturated carbocycles.